The number of nitro groups is 1. The number of hydrogen-bond acceptors (Lipinski definition) is 6. The van der Waals surface area contributed by atoms with E-state index in [4.69, 9.17) is 4.42 Å². The summed E-state index contributed by atoms with van der Waals surface area (Å²) in [6, 6.07) is 5.09. The summed E-state index contributed by atoms with van der Waals surface area (Å²) >= 11 is 1.96. The summed E-state index contributed by atoms with van der Waals surface area (Å²) in [5, 5.41) is 14.6. The standard InChI is InChI=1S/C13H15N3O3S/c17-16(18)10-5-3-6-11-12(10)15-13(19-11)14-8-9-4-1-2-7-20-9/h3,5-6,9H,1-2,4,7-8H2,(H,14,15). The molecular formula is C13H15N3O3S. The van der Waals surface area contributed by atoms with Crippen molar-refractivity contribution in [2.45, 2.75) is 24.5 Å². The van der Waals surface area contributed by atoms with E-state index in [0.29, 0.717) is 22.4 Å². The number of anilines is 1. The van der Waals surface area contributed by atoms with Gasteiger partial charge in [0.25, 0.3) is 11.7 Å². The largest absolute Gasteiger partial charge is 0.423 e. The number of oxazole rings is 1. The van der Waals surface area contributed by atoms with Crippen LogP contribution >= 0.6 is 11.8 Å². The second-order valence-electron chi connectivity index (χ2n) is 4.77. The molecule has 0 radical (unpaired) electrons. The number of nitrogens with zero attached hydrogens (tertiary/aromatic N) is 2. The topological polar surface area (TPSA) is 81.2 Å². The summed E-state index contributed by atoms with van der Waals surface area (Å²) in [4.78, 5) is 14.7. The molecule has 3 rings (SSSR count). The van der Waals surface area contributed by atoms with Crippen molar-refractivity contribution >= 4 is 34.6 Å². The van der Waals surface area contributed by atoms with Crippen molar-refractivity contribution in [3.05, 3.63) is 28.3 Å². The molecular weight excluding hydrogens is 278 g/mol. The van der Waals surface area contributed by atoms with Gasteiger partial charge in [-0.3, -0.25) is 10.1 Å². The Morgan fingerprint density at radius 2 is 2.40 bits per heavy atom. The van der Waals surface area contributed by atoms with Gasteiger partial charge in [-0.05, 0) is 24.7 Å². The van der Waals surface area contributed by atoms with Gasteiger partial charge < -0.3 is 9.73 Å². The third-order valence-corrected chi connectivity index (χ3v) is 4.75. The van der Waals surface area contributed by atoms with Crippen molar-refractivity contribution in [2.75, 3.05) is 17.6 Å². The van der Waals surface area contributed by atoms with E-state index in [2.05, 4.69) is 10.3 Å². The van der Waals surface area contributed by atoms with E-state index >= 15 is 0 Å². The number of hydrogen-bond donors (Lipinski definition) is 1. The van der Waals surface area contributed by atoms with Gasteiger partial charge in [-0.25, -0.2) is 0 Å². The molecule has 0 amide bonds. The summed E-state index contributed by atoms with van der Waals surface area (Å²) in [5.41, 5.74) is 0.723. The van der Waals surface area contributed by atoms with Crippen LogP contribution < -0.4 is 5.32 Å². The molecule has 6 nitrogen and oxygen atoms in total. The lowest BCUT2D eigenvalue weighted by Gasteiger charge is -2.20. The zero-order chi connectivity index (χ0) is 13.9. The van der Waals surface area contributed by atoms with E-state index in [1.165, 1.54) is 31.1 Å². The molecule has 1 unspecified atom stereocenters. The van der Waals surface area contributed by atoms with Crippen molar-refractivity contribution in [3.8, 4) is 0 Å². The fourth-order valence-electron chi connectivity index (χ4n) is 2.33. The van der Waals surface area contributed by atoms with Gasteiger partial charge in [0.15, 0.2) is 11.1 Å². The van der Waals surface area contributed by atoms with Gasteiger partial charge in [-0.15, -0.1) is 0 Å². The minimum atomic E-state index is -0.439. The maximum Gasteiger partial charge on any atom is 0.298 e. The first-order valence-corrected chi connectivity index (χ1v) is 7.68. The van der Waals surface area contributed by atoms with Crippen molar-refractivity contribution in [2.24, 2.45) is 0 Å². The molecule has 106 valence electrons. The highest BCUT2D eigenvalue weighted by atomic mass is 32.2. The van der Waals surface area contributed by atoms with Crippen LogP contribution in [-0.2, 0) is 0 Å². The van der Waals surface area contributed by atoms with E-state index in [9.17, 15) is 10.1 Å². The number of aromatic nitrogens is 1. The molecule has 1 aromatic heterocycles. The van der Waals surface area contributed by atoms with Gasteiger partial charge >= 0.3 is 0 Å². The van der Waals surface area contributed by atoms with E-state index in [0.717, 1.165) is 6.54 Å². The Balaban J connectivity index is 1.75. The van der Waals surface area contributed by atoms with Crippen LogP contribution in [0.3, 0.4) is 0 Å². The number of fused-ring (bicyclic) bond motifs is 1. The van der Waals surface area contributed by atoms with Gasteiger partial charge in [0.1, 0.15) is 0 Å². The van der Waals surface area contributed by atoms with Gasteiger partial charge in [0.05, 0.1) is 4.92 Å². The fraction of sp³-hybridized carbons (Fsp3) is 0.462. The molecule has 0 bridgehead atoms. The number of nitro benzene ring substituents is 1. The Kier molecular flexibility index (Phi) is 3.77. The fourth-order valence-corrected chi connectivity index (χ4v) is 3.57. The van der Waals surface area contributed by atoms with Gasteiger partial charge in [0, 0.05) is 17.9 Å². The Bertz CT molecular complexity index is 622. The highest BCUT2D eigenvalue weighted by Gasteiger charge is 2.18. The van der Waals surface area contributed by atoms with Crippen LogP contribution in [0.1, 0.15) is 19.3 Å². The molecule has 0 aliphatic carbocycles. The maximum atomic E-state index is 10.9. The molecule has 7 heteroatoms. The van der Waals surface area contributed by atoms with Crippen LogP contribution in [0.5, 0.6) is 0 Å². The lowest BCUT2D eigenvalue weighted by atomic mass is 10.2. The Morgan fingerprint density at radius 1 is 1.50 bits per heavy atom. The highest BCUT2D eigenvalue weighted by molar-refractivity contribution is 7.99. The SMILES string of the molecule is O=[N+]([O-])c1cccc2oc(NCC3CCCCS3)nc12. The molecule has 2 heterocycles. The van der Waals surface area contributed by atoms with E-state index in [-0.39, 0.29) is 5.69 Å². The van der Waals surface area contributed by atoms with Gasteiger partial charge in [-0.1, -0.05) is 12.5 Å². The first-order chi connectivity index (χ1) is 9.74. The predicted octanol–water partition coefficient (Wildman–Crippen LogP) is 3.43. The second kappa shape index (κ2) is 5.70. The first-order valence-electron chi connectivity index (χ1n) is 6.63. The molecule has 1 aliphatic rings. The molecule has 1 saturated heterocycles. The van der Waals surface area contributed by atoms with Crippen LogP contribution in [0, 0.1) is 10.1 Å². The van der Waals surface area contributed by atoms with E-state index in [1.54, 1.807) is 12.1 Å². The summed E-state index contributed by atoms with van der Waals surface area (Å²) in [6.07, 6.45) is 3.74. The lowest BCUT2D eigenvalue weighted by molar-refractivity contribution is -0.383. The highest BCUT2D eigenvalue weighted by Crippen LogP contribution is 2.28. The van der Waals surface area contributed by atoms with Gasteiger partial charge in [0.2, 0.25) is 0 Å². The number of non-ortho nitro benzene ring substituents is 1. The lowest BCUT2D eigenvalue weighted by Crippen LogP contribution is -2.20. The minimum Gasteiger partial charge on any atom is -0.423 e. The number of nitrogens with one attached hydrogen (secondary N) is 1. The molecule has 0 spiro atoms. The Labute approximate surface area is 120 Å². The smallest absolute Gasteiger partial charge is 0.298 e. The molecule has 0 saturated carbocycles. The first kappa shape index (κ1) is 13.2. The number of thioether (sulfide) groups is 1. The van der Waals surface area contributed by atoms with E-state index < -0.39 is 4.92 Å². The zero-order valence-corrected chi connectivity index (χ0v) is 11.7. The molecule has 1 aliphatic heterocycles. The number of para-hydroxylation sites is 1. The Hall–Kier alpha value is -1.76. The average molecular weight is 293 g/mol. The Morgan fingerprint density at radius 3 is 3.15 bits per heavy atom. The van der Waals surface area contributed by atoms with Crippen LogP contribution in [0.2, 0.25) is 0 Å². The van der Waals surface area contributed by atoms with Crippen LogP contribution in [-0.4, -0.2) is 27.5 Å². The van der Waals surface area contributed by atoms with Crippen molar-refractivity contribution < 1.29 is 9.34 Å². The maximum absolute atomic E-state index is 10.9. The number of rotatable bonds is 4. The summed E-state index contributed by atoms with van der Waals surface area (Å²) in [7, 11) is 0. The third kappa shape index (κ3) is 2.72. The molecule has 1 fully saturated rings. The normalized spacial score (nSPS) is 19.1. The zero-order valence-electron chi connectivity index (χ0n) is 10.9. The molecule has 2 aromatic rings. The average Bonchev–Trinajstić information content (AvgIpc) is 2.88. The summed E-state index contributed by atoms with van der Waals surface area (Å²) in [6.45, 7) is 0.783. The second-order valence-corrected chi connectivity index (χ2v) is 6.18. The monoisotopic (exact) mass is 293 g/mol. The van der Waals surface area contributed by atoms with Crippen LogP contribution in [0.15, 0.2) is 22.6 Å². The van der Waals surface area contributed by atoms with Gasteiger partial charge in [-0.2, -0.15) is 16.7 Å². The van der Waals surface area contributed by atoms with Crippen molar-refractivity contribution in [1.29, 1.82) is 0 Å². The van der Waals surface area contributed by atoms with E-state index in [1.807, 2.05) is 11.8 Å². The third-order valence-electron chi connectivity index (χ3n) is 3.35. The van der Waals surface area contributed by atoms with Crippen LogP contribution in [0.25, 0.3) is 11.1 Å². The molecule has 1 aromatic carbocycles. The molecule has 1 atom stereocenters. The van der Waals surface area contributed by atoms with Crippen LogP contribution in [0.4, 0.5) is 11.7 Å². The minimum absolute atomic E-state index is 0.0219. The quantitative estimate of drug-likeness (QED) is 0.687. The summed E-state index contributed by atoms with van der Waals surface area (Å²) in [5.74, 6) is 1.20. The molecule has 1 N–H and O–H groups in total. The predicted molar refractivity (Wildman–Crippen MR) is 79.3 cm³/mol. The molecule has 20 heavy (non-hydrogen) atoms. The van der Waals surface area contributed by atoms with Crippen molar-refractivity contribution in [1.82, 2.24) is 4.98 Å². The number of benzene rings is 1. The summed E-state index contributed by atoms with van der Waals surface area (Å²) < 4.78 is 5.51. The van der Waals surface area contributed by atoms with Crippen molar-refractivity contribution in [3.63, 3.8) is 0 Å².